The number of ether oxygens (including phenoxy) is 1. The molecule has 1 fully saturated rings. The summed E-state index contributed by atoms with van der Waals surface area (Å²) in [5, 5.41) is 4.05. The van der Waals surface area contributed by atoms with Gasteiger partial charge in [-0.05, 0) is 29.8 Å². The maximum Gasteiger partial charge on any atom is 0.295 e. The van der Waals surface area contributed by atoms with Crippen LogP contribution in [0.2, 0.25) is 0 Å². The molecule has 0 atom stereocenters. The summed E-state index contributed by atoms with van der Waals surface area (Å²) < 4.78 is 5.12. The van der Waals surface area contributed by atoms with Gasteiger partial charge in [0.25, 0.3) is 5.91 Å². The molecule has 142 valence electrons. The van der Waals surface area contributed by atoms with Gasteiger partial charge in [-0.1, -0.05) is 30.3 Å². The lowest BCUT2D eigenvalue weighted by atomic mass is 10.2. The predicted molar refractivity (Wildman–Crippen MR) is 105 cm³/mol. The van der Waals surface area contributed by atoms with Crippen LogP contribution in [0.3, 0.4) is 0 Å². The molecule has 1 heterocycles. The summed E-state index contributed by atoms with van der Waals surface area (Å²) in [5.41, 5.74) is 4.92. The van der Waals surface area contributed by atoms with Crippen molar-refractivity contribution in [3.63, 3.8) is 0 Å². The molecule has 0 unspecified atom stereocenters. The van der Waals surface area contributed by atoms with Crippen molar-refractivity contribution < 1.29 is 19.3 Å². The minimum atomic E-state index is -0.0405. The number of carbonyl (C=O) groups excluding carboxylic acids is 1. The molecule has 0 bridgehead atoms. The number of benzene rings is 2. The van der Waals surface area contributed by atoms with E-state index in [4.69, 9.17) is 4.74 Å². The van der Waals surface area contributed by atoms with Gasteiger partial charge in [0.05, 0.1) is 13.3 Å². The van der Waals surface area contributed by atoms with Crippen LogP contribution in [0.1, 0.15) is 11.1 Å². The van der Waals surface area contributed by atoms with Crippen molar-refractivity contribution in [1.29, 1.82) is 0 Å². The number of piperazine rings is 1. The van der Waals surface area contributed by atoms with E-state index < -0.39 is 0 Å². The second-order valence-electron chi connectivity index (χ2n) is 6.91. The first-order valence-corrected chi connectivity index (χ1v) is 9.40. The van der Waals surface area contributed by atoms with Crippen LogP contribution in [-0.4, -0.2) is 52.0 Å². The van der Waals surface area contributed by atoms with Crippen LogP contribution >= 0.6 is 0 Å². The molecule has 1 saturated heterocycles. The number of hydrogen-bond acceptors (Lipinski definition) is 3. The van der Waals surface area contributed by atoms with Crippen LogP contribution in [0.15, 0.2) is 59.7 Å². The Morgan fingerprint density at radius 2 is 1.70 bits per heavy atom. The Kier molecular flexibility index (Phi) is 6.96. The van der Waals surface area contributed by atoms with Crippen molar-refractivity contribution in [2.75, 3.05) is 39.8 Å². The van der Waals surface area contributed by atoms with E-state index in [1.807, 2.05) is 24.3 Å². The van der Waals surface area contributed by atoms with Crippen molar-refractivity contribution in [3.05, 3.63) is 65.7 Å². The molecule has 0 saturated carbocycles. The van der Waals surface area contributed by atoms with E-state index in [1.54, 1.807) is 18.2 Å². The van der Waals surface area contributed by atoms with Crippen LogP contribution in [0.4, 0.5) is 0 Å². The first kappa shape index (κ1) is 19.1. The van der Waals surface area contributed by atoms with E-state index >= 15 is 0 Å². The van der Waals surface area contributed by atoms with Crippen molar-refractivity contribution in [2.24, 2.45) is 5.10 Å². The van der Waals surface area contributed by atoms with Gasteiger partial charge < -0.3 is 14.5 Å². The van der Waals surface area contributed by atoms with Gasteiger partial charge in [0.2, 0.25) is 0 Å². The van der Waals surface area contributed by atoms with E-state index in [0.29, 0.717) is 6.54 Å². The number of rotatable bonds is 7. The average molecular weight is 368 g/mol. The molecule has 1 aliphatic rings. The zero-order chi connectivity index (χ0) is 18.9. The smallest absolute Gasteiger partial charge is 0.295 e. The fraction of sp³-hybridized carbons (Fsp3) is 0.333. The first-order chi connectivity index (χ1) is 13.2. The summed E-state index contributed by atoms with van der Waals surface area (Å²) in [5.74, 6) is 0.759. The number of nitrogens with zero attached hydrogens (tertiary/aromatic N) is 1. The molecular formula is C21H28N4O2+2. The van der Waals surface area contributed by atoms with Crippen LogP contribution in [0.25, 0.3) is 0 Å². The van der Waals surface area contributed by atoms with Gasteiger partial charge in [0, 0.05) is 5.56 Å². The molecule has 2 aromatic rings. The van der Waals surface area contributed by atoms with Gasteiger partial charge >= 0.3 is 0 Å². The second kappa shape index (κ2) is 9.85. The van der Waals surface area contributed by atoms with Gasteiger partial charge in [0.15, 0.2) is 6.54 Å². The number of amides is 1. The number of hydrazone groups is 1. The molecule has 0 spiro atoms. The molecular weight excluding hydrogens is 340 g/mol. The van der Waals surface area contributed by atoms with Gasteiger partial charge in [-0.25, -0.2) is 5.43 Å². The summed E-state index contributed by atoms with van der Waals surface area (Å²) in [6.45, 7) is 5.74. The highest BCUT2D eigenvalue weighted by Gasteiger charge is 2.24. The third kappa shape index (κ3) is 6.20. The monoisotopic (exact) mass is 368 g/mol. The number of carbonyl (C=O) groups is 1. The minimum Gasteiger partial charge on any atom is -0.497 e. The van der Waals surface area contributed by atoms with Crippen LogP contribution in [-0.2, 0) is 11.3 Å². The summed E-state index contributed by atoms with van der Waals surface area (Å²) in [7, 11) is 1.63. The van der Waals surface area contributed by atoms with Crippen LogP contribution in [0.5, 0.6) is 5.75 Å². The summed E-state index contributed by atoms with van der Waals surface area (Å²) in [6.07, 6.45) is 1.65. The Bertz CT molecular complexity index is 739. The lowest BCUT2D eigenvalue weighted by molar-refractivity contribution is -1.02. The Morgan fingerprint density at radius 3 is 2.37 bits per heavy atom. The molecule has 0 aromatic heterocycles. The fourth-order valence-electron chi connectivity index (χ4n) is 3.33. The highest BCUT2D eigenvalue weighted by Crippen LogP contribution is 2.09. The lowest BCUT2D eigenvalue weighted by Crippen LogP contribution is -3.28. The molecule has 1 amide bonds. The third-order valence-electron chi connectivity index (χ3n) is 4.89. The Morgan fingerprint density at radius 1 is 1.04 bits per heavy atom. The normalized spacial score (nSPS) is 19.7. The SMILES string of the molecule is COc1ccc(/C=N\NC(=O)C[NH+]2CC[NH+](Cc3ccccc3)CC2)cc1. The van der Waals surface area contributed by atoms with Gasteiger partial charge in [-0.15, -0.1) is 0 Å². The highest BCUT2D eigenvalue weighted by atomic mass is 16.5. The van der Waals surface area contributed by atoms with Crippen molar-refractivity contribution in [3.8, 4) is 5.75 Å². The standard InChI is InChI=1S/C21H26N4O2/c1-27-20-9-7-18(8-10-20)15-22-23-21(26)17-25-13-11-24(12-14-25)16-19-5-3-2-4-6-19/h2-10,15H,11-14,16-17H2,1H3,(H,23,26)/p+2/b22-15-. The first-order valence-electron chi connectivity index (χ1n) is 9.40. The molecule has 1 aliphatic heterocycles. The van der Waals surface area contributed by atoms with E-state index in [1.165, 1.54) is 10.5 Å². The molecule has 3 rings (SSSR count). The summed E-state index contributed by atoms with van der Waals surface area (Å²) >= 11 is 0. The van der Waals surface area contributed by atoms with E-state index in [9.17, 15) is 4.79 Å². The minimum absolute atomic E-state index is 0.0405. The number of methoxy groups -OCH3 is 1. The van der Waals surface area contributed by atoms with Gasteiger partial charge in [-0.2, -0.15) is 5.10 Å². The number of nitrogens with one attached hydrogen (secondary N) is 3. The van der Waals surface area contributed by atoms with E-state index in [0.717, 1.165) is 44.0 Å². The molecule has 6 heteroatoms. The van der Waals surface area contributed by atoms with Crippen LogP contribution in [0, 0.1) is 0 Å². The lowest BCUT2D eigenvalue weighted by Gasteiger charge is -2.29. The van der Waals surface area contributed by atoms with E-state index in [-0.39, 0.29) is 5.91 Å². The topological polar surface area (TPSA) is 59.6 Å². The summed E-state index contributed by atoms with van der Waals surface area (Å²) in [4.78, 5) is 15.0. The average Bonchev–Trinajstić information content (AvgIpc) is 2.71. The Balaban J connectivity index is 1.37. The molecule has 0 aliphatic carbocycles. The largest absolute Gasteiger partial charge is 0.497 e. The Hall–Kier alpha value is -2.70. The summed E-state index contributed by atoms with van der Waals surface area (Å²) in [6, 6.07) is 18.1. The second-order valence-corrected chi connectivity index (χ2v) is 6.91. The molecule has 3 N–H and O–H groups in total. The fourth-order valence-corrected chi connectivity index (χ4v) is 3.33. The molecule has 0 radical (unpaired) electrons. The molecule has 6 nitrogen and oxygen atoms in total. The van der Waals surface area contributed by atoms with Crippen LogP contribution < -0.4 is 20.0 Å². The molecule has 2 aromatic carbocycles. The predicted octanol–water partition coefficient (Wildman–Crippen LogP) is -0.871. The molecule has 27 heavy (non-hydrogen) atoms. The van der Waals surface area contributed by atoms with Crippen molar-refractivity contribution in [2.45, 2.75) is 6.54 Å². The van der Waals surface area contributed by atoms with Crippen molar-refractivity contribution in [1.82, 2.24) is 5.43 Å². The van der Waals surface area contributed by atoms with Gasteiger partial charge in [-0.3, -0.25) is 4.79 Å². The maximum atomic E-state index is 12.1. The highest BCUT2D eigenvalue weighted by molar-refractivity contribution is 5.82. The zero-order valence-corrected chi connectivity index (χ0v) is 15.8. The van der Waals surface area contributed by atoms with E-state index in [2.05, 4.69) is 40.9 Å². The number of hydrogen-bond donors (Lipinski definition) is 3. The van der Waals surface area contributed by atoms with Gasteiger partial charge in [0.1, 0.15) is 38.5 Å². The number of quaternary nitrogens is 2. The quantitative estimate of drug-likeness (QED) is 0.440. The third-order valence-corrected chi connectivity index (χ3v) is 4.89. The van der Waals surface area contributed by atoms with Crippen molar-refractivity contribution >= 4 is 12.1 Å². The maximum absolute atomic E-state index is 12.1. The zero-order valence-electron chi connectivity index (χ0n) is 15.8. The Labute approximate surface area is 160 Å².